The first kappa shape index (κ1) is 19.3. The van der Waals surface area contributed by atoms with Gasteiger partial charge in [-0.25, -0.2) is 9.37 Å². The summed E-state index contributed by atoms with van der Waals surface area (Å²) in [4.78, 5) is 6.31. The molecule has 3 rings (SSSR count). The maximum Gasteiger partial charge on any atom is 0.123 e. The fourth-order valence-electron chi connectivity index (χ4n) is 3.20. The molecule has 1 heterocycles. The first-order chi connectivity index (χ1) is 13.0. The molecule has 5 heteroatoms. The van der Waals surface area contributed by atoms with Crippen LogP contribution in [0.4, 0.5) is 4.39 Å². The molecular weight excluding hydrogens is 341 g/mol. The Morgan fingerprint density at radius 2 is 1.74 bits per heavy atom. The average molecular weight is 367 g/mol. The summed E-state index contributed by atoms with van der Waals surface area (Å²) >= 11 is 0. The SMILES string of the molecule is CC(C)CN(Cc1ccc(-n2ccnc2)cc1)CC(O)c1ccc(F)cc1. The van der Waals surface area contributed by atoms with Crippen LogP contribution >= 0.6 is 0 Å². The summed E-state index contributed by atoms with van der Waals surface area (Å²) in [5.74, 6) is 0.193. The fourth-order valence-corrected chi connectivity index (χ4v) is 3.20. The van der Waals surface area contributed by atoms with Crippen molar-refractivity contribution in [1.82, 2.24) is 14.5 Å². The summed E-state index contributed by atoms with van der Waals surface area (Å²) < 4.78 is 15.1. The lowest BCUT2D eigenvalue weighted by atomic mass is 10.1. The first-order valence-electron chi connectivity index (χ1n) is 9.24. The van der Waals surface area contributed by atoms with Gasteiger partial charge in [0, 0.05) is 37.7 Å². The normalized spacial score (nSPS) is 12.7. The third-order valence-electron chi connectivity index (χ3n) is 4.45. The maximum absolute atomic E-state index is 13.1. The van der Waals surface area contributed by atoms with Crippen molar-refractivity contribution >= 4 is 0 Å². The second-order valence-electron chi connectivity index (χ2n) is 7.29. The van der Waals surface area contributed by atoms with E-state index >= 15 is 0 Å². The van der Waals surface area contributed by atoms with Crippen LogP contribution in [-0.4, -0.2) is 32.6 Å². The van der Waals surface area contributed by atoms with Crippen molar-refractivity contribution in [3.8, 4) is 5.69 Å². The average Bonchev–Trinajstić information content (AvgIpc) is 3.17. The van der Waals surface area contributed by atoms with Gasteiger partial charge in [0.1, 0.15) is 5.82 Å². The minimum Gasteiger partial charge on any atom is -0.387 e. The van der Waals surface area contributed by atoms with Crippen LogP contribution in [0.15, 0.2) is 67.3 Å². The summed E-state index contributed by atoms with van der Waals surface area (Å²) in [5, 5.41) is 10.6. The Kier molecular flexibility index (Phi) is 6.37. The number of hydrogen-bond acceptors (Lipinski definition) is 3. The van der Waals surface area contributed by atoms with E-state index in [1.54, 1.807) is 24.7 Å². The van der Waals surface area contributed by atoms with E-state index in [9.17, 15) is 9.50 Å². The van der Waals surface area contributed by atoms with E-state index in [4.69, 9.17) is 0 Å². The zero-order chi connectivity index (χ0) is 19.2. The third-order valence-corrected chi connectivity index (χ3v) is 4.45. The number of halogens is 1. The van der Waals surface area contributed by atoms with Gasteiger partial charge in [0.15, 0.2) is 0 Å². The number of aromatic nitrogens is 2. The van der Waals surface area contributed by atoms with Crippen LogP contribution in [0.5, 0.6) is 0 Å². The molecule has 1 atom stereocenters. The van der Waals surface area contributed by atoms with Crippen molar-refractivity contribution in [3.63, 3.8) is 0 Å². The van der Waals surface area contributed by atoms with Gasteiger partial charge in [0.05, 0.1) is 12.4 Å². The van der Waals surface area contributed by atoms with Crippen molar-refractivity contribution < 1.29 is 9.50 Å². The molecule has 0 radical (unpaired) electrons. The molecular formula is C22H26FN3O. The van der Waals surface area contributed by atoms with Gasteiger partial charge in [0.2, 0.25) is 0 Å². The molecule has 1 N–H and O–H groups in total. The molecule has 0 amide bonds. The van der Waals surface area contributed by atoms with E-state index in [0.717, 1.165) is 24.3 Å². The van der Waals surface area contributed by atoms with Gasteiger partial charge in [-0.05, 0) is 41.3 Å². The number of nitrogens with zero attached hydrogens (tertiary/aromatic N) is 3. The molecule has 142 valence electrons. The molecule has 0 saturated heterocycles. The van der Waals surface area contributed by atoms with E-state index in [0.29, 0.717) is 12.5 Å². The number of aliphatic hydroxyl groups excluding tert-OH is 1. The Morgan fingerprint density at radius 3 is 2.33 bits per heavy atom. The Labute approximate surface area is 159 Å². The van der Waals surface area contributed by atoms with Gasteiger partial charge in [-0.15, -0.1) is 0 Å². The lowest BCUT2D eigenvalue weighted by molar-refractivity contribution is 0.102. The molecule has 3 aromatic rings. The monoisotopic (exact) mass is 367 g/mol. The molecule has 1 aromatic heterocycles. The summed E-state index contributed by atoms with van der Waals surface area (Å²) in [7, 11) is 0. The number of rotatable bonds is 8. The lowest BCUT2D eigenvalue weighted by Crippen LogP contribution is -2.31. The largest absolute Gasteiger partial charge is 0.387 e. The van der Waals surface area contributed by atoms with E-state index in [-0.39, 0.29) is 5.82 Å². The third kappa shape index (κ3) is 5.49. The standard InChI is InChI=1S/C22H26FN3O/c1-17(2)13-25(15-22(27)19-5-7-20(23)8-6-19)14-18-3-9-21(10-4-18)26-12-11-24-16-26/h3-12,16-17,22,27H,13-15H2,1-2H3. The number of imidazole rings is 1. The highest BCUT2D eigenvalue weighted by atomic mass is 19.1. The summed E-state index contributed by atoms with van der Waals surface area (Å²) in [6, 6.07) is 14.4. The van der Waals surface area contributed by atoms with Crippen LogP contribution in [0.3, 0.4) is 0 Å². The zero-order valence-corrected chi connectivity index (χ0v) is 15.8. The predicted molar refractivity (Wildman–Crippen MR) is 105 cm³/mol. The summed E-state index contributed by atoms with van der Waals surface area (Å²) in [6.07, 6.45) is 4.81. The predicted octanol–water partition coefficient (Wildman–Crippen LogP) is 4.20. The number of benzene rings is 2. The van der Waals surface area contributed by atoms with Crippen molar-refractivity contribution in [2.24, 2.45) is 5.92 Å². The quantitative estimate of drug-likeness (QED) is 0.649. The smallest absolute Gasteiger partial charge is 0.123 e. The molecule has 27 heavy (non-hydrogen) atoms. The van der Waals surface area contributed by atoms with E-state index in [2.05, 4.69) is 48.0 Å². The van der Waals surface area contributed by atoms with E-state index in [1.807, 2.05) is 10.8 Å². The van der Waals surface area contributed by atoms with Crippen LogP contribution < -0.4 is 0 Å². The summed E-state index contributed by atoms with van der Waals surface area (Å²) in [6.45, 7) is 6.47. The van der Waals surface area contributed by atoms with Gasteiger partial charge in [0.25, 0.3) is 0 Å². The lowest BCUT2D eigenvalue weighted by Gasteiger charge is -2.27. The second kappa shape index (κ2) is 8.93. The Morgan fingerprint density at radius 1 is 1.04 bits per heavy atom. The Bertz CT molecular complexity index is 814. The van der Waals surface area contributed by atoms with Crippen LogP contribution in [0, 0.1) is 11.7 Å². The molecule has 0 fully saturated rings. The van der Waals surface area contributed by atoms with Gasteiger partial charge >= 0.3 is 0 Å². The van der Waals surface area contributed by atoms with Crippen molar-refractivity contribution in [2.75, 3.05) is 13.1 Å². The summed E-state index contributed by atoms with van der Waals surface area (Å²) in [5.41, 5.74) is 2.99. The fraction of sp³-hybridized carbons (Fsp3) is 0.318. The molecule has 4 nitrogen and oxygen atoms in total. The number of hydrogen-bond donors (Lipinski definition) is 1. The van der Waals surface area contributed by atoms with Crippen LogP contribution in [0.2, 0.25) is 0 Å². The van der Waals surface area contributed by atoms with E-state index in [1.165, 1.54) is 17.7 Å². The van der Waals surface area contributed by atoms with Gasteiger partial charge in [-0.1, -0.05) is 38.1 Å². The molecule has 1 unspecified atom stereocenters. The molecule has 0 aliphatic rings. The van der Waals surface area contributed by atoms with Crippen molar-refractivity contribution in [1.29, 1.82) is 0 Å². The highest BCUT2D eigenvalue weighted by Crippen LogP contribution is 2.18. The molecule has 0 aliphatic heterocycles. The highest BCUT2D eigenvalue weighted by Gasteiger charge is 2.15. The molecule has 2 aromatic carbocycles. The van der Waals surface area contributed by atoms with Crippen LogP contribution in [0.25, 0.3) is 5.69 Å². The zero-order valence-electron chi connectivity index (χ0n) is 15.8. The van der Waals surface area contributed by atoms with Crippen LogP contribution in [0.1, 0.15) is 31.1 Å². The van der Waals surface area contributed by atoms with Gasteiger partial charge in [-0.2, -0.15) is 0 Å². The number of aliphatic hydroxyl groups is 1. The van der Waals surface area contributed by atoms with Gasteiger partial charge in [-0.3, -0.25) is 4.90 Å². The minimum absolute atomic E-state index is 0.289. The van der Waals surface area contributed by atoms with Crippen molar-refractivity contribution in [2.45, 2.75) is 26.5 Å². The van der Waals surface area contributed by atoms with E-state index < -0.39 is 6.10 Å². The van der Waals surface area contributed by atoms with Crippen LogP contribution in [-0.2, 0) is 6.54 Å². The molecule has 0 saturated carbocycles. The molecule has 0 bridgehead atoms. The van der Waals surface area contributed by atoms with Crippen molar-refractivity contribution in [3.05, 3.63) is 84.2 Å². The Hall–Kier alpha value is -2.50. The highest BCUT2D eigenvalue weighted by molar-refractivity contribution is 5.34. The van der Waals surface area contributed by atoms with Gasteiger partial charge < -0.3 is 9.67 Å². The first-order valence-corrected chi connectivity index (χ1v) is 9.24. The molecule has 0 spiro atoms. The topological polar surface area (TPSA) is 41.3 Å². The Balaban J connectivity index is 1.68. The minimum atomic E-state index is -0.644. The maximum atomic E-state index is 13.1. The molecule has 0 aliphatic carbocycles. The second-order valence-corrected chi connectivity index (χ2v) is 7.29.